The quantitative estimate of drug-likeness (QED) is 0.788. The van der Waals surface area contributed by atoms with Crippen molar-refractivity contribution in [3.63, 3.8) is 0 Å². The number of hydrogen-bond donors (Lipinski definition) is 0. The van der Waals surface area contributed by atoms with Gasteiger partial charge >= 0.3 is 5.69 Å². The average Bonchev–Trinajstić information content (AvgIpc) is 3.39. The van der Waals surface area contributed by atoms with Crippen LogP contribution in [0.3, 0.4) is 0 Å². The van der Waals surface area contributed by atoms with Gasteiger partial charge in [0.1, 0.15) is 6.54 Å². The minimum atomic E-state index is -0.433. The van der Waals surface area contributed by atoms with Crippen LogP contribution in [0.4, 0.5) is 0 Å². The largest absolute Gasteiger partial charge is 0.347 e. The molecule has 7 heteroatoms. The third-order valence-corrected chi connectivity index (χ3v) is 5.09. The highest BCUT2D eigenvalue weighted by Gasteiger charge is 2.36. The Balaban J connectivity index is 1.73. The molecule has 1 atom stereocenters. The van der Waals surface area contributed by atoms with Gasteiger partial charge in [0.15, 0.2) is 0 Å². The van der Waals surface area contributed by atoms with Crippen molar-refractivity contribution < 1.29 is 9.59 Å². The second kappa shape index (κ2) is 7.37. The summed E-state index contributed by atoms with van der Waals surface area (Å²) in [7, 11) is 0. The standard InChI is InChI=1S/C18H26N4O3/c1-13(2)15-11-20(9-6-16(23)22(15)10-14-4-5-14)17(24)12-21-8-3-7-19-18(21)25/h3,7-8,13-15H,4-6,9-12H2,1-2H3. The highest BCUT2D eigenvalue weighted by Crippen LogP contribution is 2.32. The summed E-state index contributed by atoms with van der Waals surface area (Å²) in [5.41, 5.74) is -0.433. The molecule has 2 fully saturated rings. The van der Waals surface area contributed by atoms with E-state index >= 15 is 0 Å². The van der Waals surface area contributed by atoms with E-state index in [0.29, 0.717) is 25.4 Å². The van der Waals surface area contributed by atoms with Gasteiger partial charge in [-0.25, -0.2) is 9.78 Å². The molecule has 2 heterocycles. The lowest BCUT2D eigenvalue weighted by molar-refractivity contribution is -0.134. The summed E-state index contributed by atoms with van der Waals surface area (Å²) in [5.74, 6) is 0.903. The predicted molar refractivity (Wildman–Crippen MR) is 92.8 cm³/mol. The van der Waals surface area contributed by atoms with Crippen LogP contribution in [-0.4, -0.2) is 56.8 Å². The molecule has 1 aromatic heterocycles. The molecule has 1 aliphatic carbocycles. The van der Waals surface area contributed by atoms with Gasteiger partial charge in [-0.1, -0.05) is 13.8 Å². The molecule has 25 heavy (non-hydrogen) atoms. The average molecular weight is 346 g/mol. The first-order chi connectivity index (χ1) is 12.0. The minimum absolute atomic E-state index is 0.0326. The van der Waals surface area contributed by atoms with Gasteiger partial charge in [0.05, 0.1) is 6.04 Å². The number of carbonyl (C=O) groups is 2. The van der Waals surface area contributed by atoms with E-state index in [9.17, 15) is 14.4 Å². The zero-order chi connectivity index (χ0) is 18.0. The van der Waals surface area contributed by atoms with Crippen LogP contribution < -0.4 is 5.69 Å². The summed E-state index contributed by atoms with van der Waals surface area (Å²) >= 11 is 0. The molecule has 0 radical (unpaired) electrons. The third kappa shape index (κ3) is 4.27. The maximum atomic E-state index is 12.7. The van der Waals surface area contributed by atoms with Crippen LogP contribution in [-0.2, 0) is 16.1 Å². The van der Waals surface area contributed by atoms with Gasteiger partial charge in [0, 0.05) is 38.4 Å². The Hall–Kier alpha value is -2.18. The molecule has 3 rings (SSSR count). The van der Waals surface area contributed by atoms with Gasteiger partial charge < -0.3 is 9.80 Å². The molecule has 0 spiro atoms. The second-order valence-electron chi connectivity index (χ2n) is 7.42. The van der Waals surface area contributed by atoms with Crippen molar-refractivity contribution in [2.24, 2.45) is 11.8 Å². The van der Waals surface area contributed by atoms with Gasteiger partial charge in [-0.2, -0.15) is 0 Å². The first-order valence-electron chi connectivity index (χ1n) is 9.04. The molecular formula is C18H26N4O3. The van der Waals surface area contributed by atoms with Crippen LogP contribution in [0.25, 0.3) is 0 Å². The van der Waals surface area contributed by atoms with Crippen molar-refractivity contribution in [1.29, 1.82) is 0 Å². The molecule has 0 aromatic carbocycles. The van der Waals surface area contributed by atoms with Crippen LogP contribution in [0.5, 0.6) is 0 Å². The van der Waals surface area contributed by atoms with E-state index in [1.165, 1.54) is 23.6 Å². The molecule has 0 N–H and O–H groups in total. The summed E-state index contributed by atoms with van der Waals surface area (Å²) < 4.78 is 1.31. The first kappa shape index (κ1) is 17.6. The molecular weight excluding hydrogens is 320 g/mol. The second-order valence-corrected chi connectivity index (χ2v) is 7.42. The van der Waals surface area contributed by atoms with E-state index in [1.807, 2.05) is 4.90 Å². The van der Waals surface area contributed by atoms with E-state index in [0.717, 1.165) is 6.54 Å². The van der Waals surface area contributed by atoms with Crippen molar-refractivity contribution >= 4 is 11.8 Å². The summed E-state index contributed by atoms with van der Waals surface area (Å²) in [4.78, 5) is 44.4. The lowest BCUT2D eigenvalue weighted by atomic mass is 10.0. The molecule has 1 saturated heterocycles. The van der Waals surface area contributed by atoms with E-state index in [4.69, 9.17) is 0 Å². The van der Waals surface area contributed by atoms with Crippen molar-refractivity contribution in [1.82, 2.24) is 19.4 Å². The van der Waals surface area contributed by atoms with E-state index < -0.39 is 5.69 Å². The Morgan fingerprint density at radius 2 is 2.08 bits per heavy atom. The normalized spacial score (nSPS) is 21.6. The molecule has 1 unspecified atom stereocenters. The van der Waals surface area contributed by atoms with Crippen LogP contribution in [0.15, 0.2) is 23.3 Å². The van der Waals surface area contributed by atoms with Crippen molar-refractivity contribution in [2.45, 2.75) is 45.7 Å². The fourth-order valence-electron chi connectivity index (χ4n) is 3.34. The number of rotatable bonds is 5. The zero-order valence-electron chi connectivity index (χ0n) is 14.9. The monoisotopic (exact) mass is 346 g/mol. The van der Waals surface area contributed by atoms with Gasteiger partial charge in [-0.15, -0.1) is 0 Å². The summed E-state index contributed by atoms with van der Waals surface area (Å²) in [5, 5.41) is 0. The zero-order valence-corrected chi connectivity index (χ0v) is 14.9. The van der Waals surface area contributed by atoms with Crippen molar-refractivity contribution in [2.75, 3.05) is 19.6 Å². The Kier molecular flexibility index (Phi) is 5.20. The summed E-state index contributed by atoms with van der Waals surface area (Å²) in [6, 6.07) is 1.67. The molecule has 1 saturated carbocycles. The van der Waals surface area contributed by atoms with E-state index in [-0.39, 0.29) is 30.3 Å². The van der Waals surface area contributed by atoms with Crippen LogP contribution >= 0.6 is 0 Å². The predicted octanol–water partition coefficient (Wildman–Crippen LogP) is 0.739. The summed E-state index contributed by atoms with van der Waals surface area (Å²) in [6.07, 6.45) is 5.72. The molecule has 136 valence electrons. The molecule has 1 aromatic rings. The Bertz CT molecular complexity index is 696. The highest BCUT2D eigenvalue weighted by molar-refractivity contribution is 5.80. The number of amides is 2. The van der Waals surface area contributed by atoms with Crippen LogP contribution in [0, 0.1) is 11.8 Å². The topological polar surface area (TPSA) is 75.5 Å². The van der Waals surface area contributed by atoms with E-state index in [1.54, 1.807) is 17.2 Å². The van der Waals surface area contributed by atoms with Gasteiger partial charge in [-0.3, -0.25) is 14.2 Å². The fraction of sp³-hybridized carbons (Fsp3) is 0.667. The van der Waals surface area contributed by atoms with E-state index in [2.05, 4.69) is 18.8 Å². The maximum Gasteiger partial charge on any atom is 0.347 e. The lowest BCUT2D eigenvalue weighted by Crippen LogP contribution is -2.48. The third-order valence-electron chi connectivity index (χ3n) is 5.09. The highest BCUT2D eigenvalue weighted by atomic mass is 16.2. The first-order valence-corrected chi connectivity index (χ1v) is 9.04. The molecule has 2 amide bonds. The number of hydrogen-bond acceptors (Lipinski definition) is 4. The smallest absolute Gasteiger partial charge is 0.339 e. The summed E-state index contributed by atoms with van der Waals surface area (Å²) in [6.45, 7) is 5.91. The minimum Gasteiger partial charge on any atom is -0.339 e. The molecule has 0 bridgehead atoms. The van der Waals surface area contributed by atoms with Crippen molar-refractivity contribution in [3.8, 4) is 0 Å². The Morgan fingerprint density at radius 1 is 1.32 bits per heavy atom. The SMILES string of the molecule is CC(C)C1CN(C(=O)Cn2cccnc2=O)CCC(=O)N1CC1CC1. The lowest BCUT2D eigenvalue weighted by Gasteiger charge is -2.34. The fourth-order valence-corrected chi connectivity index (χ4v) is 3.34. The van der Waals surface area contributed by atoms with Crippen LogP contribution in [0.2, 0.25) is 0 Å². The molecule has 7 nitrogen and oxygen atoms in total. The molecule has 2 aliphatic rings. The van der Waals surface area contributed by atoms with Gasteiger partial charge in [0.25, 0.3) is 0 Å². The van der Waals surface area contributed by atoms with Gasteiger partial charge in [0.2, 0.25) is 11.8 Å². The molecule has 1 aliphatic heterocycles. The maximum absolute atomic E-state index is 12.7. The Labute approximate surface area is 147 Å². The van der Waals surface area contributed by atoms with Crippen molar-refractivity contribution in [3.05, 3.63) is 28.9 Å². The van der Waals surface area contributed by atoms with Crippen LogP contribution in [0.1, 0.15) is 33.1 Å². The Morgan fingerprint density at radius 3 is 2.72 bits per heavy atom. The number of aromatic nitrogens is 2. The number of nitrogens with zero attached hydrogens (tertiary/aromatic N) is 4. The van der Waals surface area contributed by atoms with Gasteiger partial charge in [-0.05, 0) is 30.7 Å². The number of carbonyl (C=O) groups excluding carboxylic acids is 2.